The third kappa shape index (κ3) is 3.18. The zero-order chi connectivity index (χ0) is 13.2. The molecule has 1 fully saturated rings. The third-order valence-electron chi connectivity index (χ3n) is 4.59. The Morgan fingerprint density at radius 3 is 2.53 bits per heavy atom. The van der Waals surface area contributed by atoms with Gasteiger partial charge in [0.25, 0.3) is 0 Å². The van der Waals surface area contributed by atoms with Crippen LogP contribution in [-0.4, -0.2) is 30.6 Å². The number of fused-ring (bicyclic) bond motifs is 1. The highest BCUT2D eigenvalue weighted by Crippen LogP contribution is 2.22. The third-order valence-corrected chi connectivity index (χ3v) is 4.59. The molecule has 0 aliphatic carbocycles. The van der Waals surface area contributed by atoms with Crippen molar-refractivity contribution in [3.05, 3.63) is 35.4 Å². The molecule has 3 rings (SSSR count). The molecule has 1 saturated heterocycles. The second-order valence-electron chi connectivity index (χ2n) is 6.72. The SMILES string of the molecule is CC1CC(C)CN(CC2Cc3ccccc3CN2)C1. The van der Waals surface area contributed by atoms with Crippen LogP contribution in [0.15, 0.2) is 24.3 Å². The van der Waals surface area contributed by atoms with E-state index in [4.69, 9.17) is 0 Å². The van der Waals surface area contributed by atoms with E-state index in [1.807, 2.05) is 0 Å². The molecule has 2 heteroatoms. The maximum Gasteiger partial charge on any atom is 0.0238 e. The topological polar surface area (TPSA) is 15.3 Å². The Morgan fingerprint density at radius 2 is 1.79 bits per heavy atom. The summed E-state index contributed by atoms with van der Waals surface area (Å²) in [5.41, 5.74) is 3.03. The van der Waals surface area contributed by atoms with Crippen LogP contribution in [-0.2, 0) is 13.0 Å². The summed E-state index contributed by atoms with van der Waals surface area (Å²) in [5.74, 6) is 1.72. The molecule has 2 heterocycles. The van der Waals surface area contributed by atoms with Crippen LogP contribution in [0.5, 0.6) is 0 Å². The molecular weight excluding hydrogens is 232 g/mol. The molecule has 3 atom stereocenters. The van der Waals surface area contributed by atoms with Gasteiger partial charge < -0.3 is 10.2 Å². The first-order chi connectivity index (χ1) is 9.20. The molecule has 19 heavy (non-hydrogen) atoms. The number of piperidine rings is 1. The van der Waals surface area contributed by atoms with Crippen molar-refractivity contribution in [1.29, 1.82) is 0 Å². The van der Waals surface area contributed by atoms with Gasteiger partial charge in [-0.1, -0.05) is 38.1 Å². The predicted molar refractivity (Wildman–Crippen MR) is 80.2 cm³/mol. The lowest BCUT2D eigenvalue weighted by Gasteiger charge is -2.38. The lowest BCUT2D eigenvalue weighted by Crippen LogP contribution is -2.48. The van der Waals surface area contributed by atoms with E-state index in [0.717, 1.165) is 18.4 Å². The minimum absolute atomic E-state index is 0.632. The monoisotopic (exact) mass is 258 g/mol. The van der Waals surface area contributed by atoms with Crippen LogP contribution in [0.2, 0.25) is 0 Å². The highest BCUT2D eigenvalue weighted by atomic mass is 15.2. The van der Waals surface area contributed by atoms with E-state index in [0.29, 0.717) is 6.04 Å². The average Bonchev–Trinajstić information content (AvgIpc) is 2.37. The Balaban J connectivity index is 1.60. The normalized spacial score (nSPS) is 32.0. The van der Waals surface area contributed by atoms with E-state index in [1.165, 1.54) is 38.0 Å². The van der Waals surface area contributed by atoms with Gasteiger partial charge in [0.15, 0.2) is 0 Å². The Morgan fingerprint density at radius 1 is 1.11 bits per heavy atom. The average molecular weight is 258 g/mol. The second-order valence-corrected chi connectivity index (χ2v) is 6.72. The molecule has 1 N–H and O–H groups in total. The number of nitrogens with zero attached hydrogens (tertiary/aromatic N) is 1. The van der Waals surface area contributed by atoms with Crippen molar-refractivity contribution in [2.75, 3.05) is 19.6 Å². The first-order valence-corrected chi connectivity index (χ1v) is 7.73. The van der Waals surface area contributed by atoms with Gasteiger partial charge in [-0.3, -0.25) is 0 Å². The molecule has 0 bridgehead atoms. The summed E-state index contributed by atoms with van der Waals surface area (Å²) in [6.45, 7) is 9.61. The quantitative estimate of drug-likeness (QED) is 0.877. The molecule has 2 aliphatic rings. The molecule has 1 aromatic carbocycles. The molecule has 104 valence electrons. The van der Waals surface area contributed by atoms with Gasteiger partial charge in [-0.05, 0) is 35.8 Å². The summed E-state index contributed by atoms with van der Waals surface area (Å²) >= 11 is 0. The second kappa shape index (κ2) is 5.64. The molecule has 0 saturated carbocycles. The van der Waals surface area contributed by atoms with Crippen molar-refractivity contribution in [3.8, 4) is 0 Å². The highest BCUT2D eigenvalue weighted by Gasteiger charge is 2.25. The van der Waals surface area contributed by atoms with Crippen molar-refractivity contribution in [1.82, 2.24) is 10.2 Å². The summed E-state index contributed by atoms with van der Waals surface area (Å²) in [6, 6.07) is 9.50. The van der Waals surface area contributed by atoms with Gasteiger partial charge >= 0.3 is 0 Å². The molecule has 0 aromatic heterocycles. The fraction of sp³-hybridized carbons (Fsp3) is 0.647. The van der Waals surface area contributed by atoms with E-state index in [9.17, 15) is 0 Å². The number of hydrogen-bond acceptors (Lipinski definition) is 2. The van der Waals surface area contributed by atoms with Crippen LogP contribution in [0, 0.1) is 11.8 Å². The Hall–Kier alpha value is -0.860. The van der Waals surface area contributed by atoms with E-state index in [2.05, 4.69) is 48.3 Å². The van der Waals surface area contributed by atoms with E-state index in [-0.39, 0.29) is 0 Å². The van der Waals surface area contributed by atoms with Gasteiger partial charge in [-0.25, -0.2) is 0 Å². The van der Waals surface area contributed by atoms with Crippen LogP contribution in [0.4, 0.5) is 0 Å². The van der Waals surface area contributed by atoms with Crippen molar-refractivity contribution >= 4 is 0 Å². The van der Waals surface area contributed by atoms with Crippen LogP contribution >= 0.6 is 0 Å². The summed E-state index contributed by atoms with van der Waals surface area (Å²) in [6.07, 6.45) is 2.59. The number of likely N-dealkylation sites (tertiary alicyclic amines) is 1. The Kier molecular flexibility index (Phi) is 3.90. The predicted octanol–water partition coefficient (Wildman–Crippen LogP) is 2.68. The molecule has 3 unspecified atom stereocenters. The number of benzene rings is 1. The number of nitrogens with one attached hydrogen (secondary N) is 1. The van der Waals surface area contributed by atoms with Crippen LogP contribution in [0.25, 0.3) is 0 Å². The standard InChI is InChI=1S/C17H26N2/c1-13-7-14(2)11-19(10-13)12-17-8-15-5-3-4-6-16(15)9-18-17/h3-6,13-14,17-18H,7-12H2,1-2H3. The Labute approximate surface area is 117 Å². The molecule has 0 radical (unpaired) electrons. The van der Waals surface area contributed by atoms with E-state index in [1.54, 1.807) is 5.56 Å². The summed E-state index contributed by atoms with van der Waals surface area (Å²) < 4.78 is 0. The number of rotatable bonds is 2. The van der Waals surface area contributed by atoms with Gasteiger partial charge in [0, 0.05) is 32.2 Å². The molecular formula is C17H26N2. The highest BCUT2D eigenvalue weighted by molar-refractivity contribution is 5.29. The molecule has 0 spiro atoms. The lowest BCUT2D eigenvalue weighted by molar-refractivity contribution is 0.127. The van der Waals surface area contributed by atoms with Gasteiger partial charge in [0.05, 0.1) is 0 Å². The molecule has 2 aliphatic heterocycles. The van der Waals surface area contributed by atoms with Gasteiger partial charge in [0.2, 0.25) is 0 Å². The first-order valence-electron chi connectivity index (χ1n) is 7.73. The smallest absolute Gasteiger partial charge is 0.0238 e. The maximum atomic E-state index is 3.71. The summed E-state index contributed by atoms with van der Waals surface area (Å²) in [4.78, 5) is 2.67. The maximum absolute atomic E-state index is 3.71. The zero-order valence-corrected chi connectivity index (χ0v) is 12.2. The fourth-order valence-electron chi connectivity index (χ4n) is 3.90. The van der Waals surface area contributed by atoms with Gasteiger partial charge in [0.1, 0.15) is 0 Å². The minimum Gasteiger partial charge on any atom is -0.308 e. The van der Waals surface area contributed by atoms with E-state index >= 15 is 0 Å². The van der Waals surface area contributed by atoms with E-state index < -0.39 is 0 Å². The van der Waals surface area contributed by atoms with Crippen LogP contribution < -0.4 is 5.32 Å². The van der Waals surface area contributed by atoms with Gasteiger partial charge in [-0.2, -0.15) is 0 Å². The number of hydrogen-bond donors (Lipinski definition) is 1. The Bertz CT molecular complexity index is 419. The van der Waals surface area contributed by atoms with Crippen molar-refractivity contribution < 1.29 is 0 Å². The minimum atomic E-state index is 0.632. The zero-order valence-electron chi connectivity index (χ0n) is 12.2. The molecule has 1 aromatic rings. The van der Waals surface area contributed by atoms with Gasteiger partial charge in [-0.15, -0.1) is 0 Å². The largest absolute Gasteiger partial charge is 0.308 e. The van der Waals surface area contributed by atoms with Crippen LogP contribution in [0.1, 0.15) is 31.4 Å². The van der Waals surface area contributed by atoms with Crippen molar-refractivity contribution in [2.24, 2.45) is 11.8 Å². The summed E-state index contributed by atoms with van der Waals surface area (Å²) in [7, 11) is 0. The first kappa shape index (κ1) is 13.1. The fourth-order valence-corrected chi connectivity index (χ4v) is 3.90. The molecule has 2 nitrogen and oxygen atoms in total. The van der Waals surface area contributed by atoms with Crippen LogP contribution in [0.3, 0.4) is 0 Å². The molecule has 0 amide bonds. The lowest BCUT2D eigenvalue weighted by atomic mass is 9.90. The van der Waals surface area contributed by atoms with Crippen molar-refractivity contribution in [3.63, 3.8) is 0 Å². The summed E-state index contributed by atoms with van der Waals surface area (Å²) in [5, 5.41) is 3.71. The van der Waals surface area contributed by atoms with Crippen molar-refractivity contribution in [2.45, 2.75) is 39.3 Å².